The average molecular weight is 496 g/mol. The fourth-order valence-corrected chi connectivity index (χ4v) is 3.68. The van der Waals surface area contributed by atoms with Crippen molar-refractivity contribution in [3.05, 3.63) is 41.5 Å². The molecular formula is C23H23F3N2O7. The predicted molar refractivity (Wildman–Crippen MR) is 117 cm³/mol. The zero-order chi connectivity index (χ0) is 25.0. The second kappa shape index (κ2) is 10.3. The second-order valence-electron chi connectivity index (χ2n) is 7.66. The normalized spacial score (nSPS) is 15.4. The van der Waals surface area contributed by atoms with Gasteiger partial charge in [-0.25, -0.2) is 4.79 Å². The highest BCUT2D eigenvalue weighted by molar-refractivity contribution is 5.98. The molecule has 2 heterocycles. The van der Waals surface area contributed by atoms with E-state index < -0.39 is 30.2 Å². The smallest absolute Gasteiger partial charge is 0.416 e. The van der Waals surface area contributed by atoms with Gasteiger partial charge < -0.3 is 33.9 Å². The number of nitrogens with one attached hydrogen (secondary N) is 1. The third-order valence-corrected chi connectivity index (χ3v) is 5.35. The number of alkyl halides is 3. The van der Waals surface area contributed by atoms with Gasteiger partial charge in [0.15, 0.2) is 18.1 Å². The maximum Gasteiger partial charge on any atom is 0.416 e. The summed E-state index contributed by atoms with van der Waals surface area (Å²) in [5.74, 6) is -0.721. The summed E-state index contributed by atoms with van der Waals surface area (Å²) < 4.78 is 66.3. The predicted octanol–water partition coefficient (Wildman–Crippen LogP) is 3.12. The molecule has 12 heteroatoms. The highest BCUT2D eigenvalue weighted by Gasteiger charge is 2.32. The van der Waals surface area contributed by atoms with Crippen LogP contribution in [0.2, 0.25) is 0 Å². The van der Waals surface area contributed by atoms with Crippen molar-refractivity contribution in [2.24, 2.45) is 0 Å². The van der Waals surface area contributed by atoms with Gasteiger partial charge in [0.1, 0.15) is 13.2 Å². The van der Waals surface area contributed by atoms with Crippen molar-refractivity contribution in [3.8, 4) is 17.2 Å². The van der Waals surface area contributed by atoms with E-state index in [4.69, 9.17) is 23.7 Å². The van der Waals surface area contributed by atoms with E-state index >= 15 is 0 Å². The molecular weight excluding hydrogens is 473 g/mol. The van der Waals surface area contributed by atoms with E-state index in [9.17, 15) is 22.8 Å². The van der Waals surface area contributed by atoms with Crippen LogP contribution in [0.25, 0.3) is 0 Å². The first-order valence-corrected chi connectivity index (χ1v) is 10.7. The quantitative estimate of drug-likeness (QED) is 0.610. The molecule has 9 nitrogen and oxygen atoms in total. The van der Waals surface area contributed by atoms with Crippen molar-refractivity contribution in [1.29, 1.82) is 0 Å². The van der Waals surface area contributed by atoms with Crippen LogP contribution in [0.15, 0.2) is 30.3 Å². The Kier molecular flexibility index (Phi) is 7.20. The highest BCUT2D eigenvalue weighted by atomic mass is 19.4. The van der Waals surface area contributed by atoms with Crippen LogP contribution in [0.3, 0.4) is 0 Å². The van der Waals surface area contributed by atoms with E-state index in [1.54, 1.807) is 0 Å². The first-order valence-electron chi connectivity index (χ1n) is 10.7. The summed E-state index contributed by atoms with van der Waals surface area (Å²) in [5.41, 5.74) is -0.474. The minimum atomic E-state index is -4.59. The molecule has 1 N–H and O–H groups in total. The Bertz CT molecular complexity index is 1080. The van der Waals surface area contributed by atoms with Crippen LogP contribution in [0, 0.1) is 0 Å². The molecule has 35 heavy (non-hydrogen) atoms. The van der Waals surface area contributed by atoms with Crippen LogP contribution < -0.4 is 24.4 Å². The number of halogens is 3. The summed E-state index contributed by atoms with van der Waals surface area (Å²) >= 11 is 0. The number of ether oxygens (including phenoxy) is 5. The number of amides is 1. The lowest BCUT2D eigenvalue weighted by atomic mass is 10.1. The number of fused-ring (bicyclic) bond motifs is 1. The van der Waals surface area contributed by atoms with Gasteiger partial charge in [-0.2, -0.15) is 13.2 Å². The van der Waals surface area contributed by atoms with Crippen LogP contribution in [0.1, 0.15) is 15.9 Å². The molecule has 1 saturated heterocycles. The number of hydrogen-bond acceptors (Lipinski definition) is 8. The molecule has 0 aromatic heterocycles. The van der Waals surface area contributed by atoms with Crippen molar-refractivity contribution in [2.75, 3.05) is 63.5 Å². The van der Waals surface area contributed by atoms with Gasteiger partial charge in [0.05, 0.1) is 42.8 Å². The van der Waals surface area contributed by atoms with Crippen molar-refractivity contribution < 1.29 is 46.4 Å². The Labute approximate surface area is 198 Å². The van der Waals surface area contributed by atoms with Crippen molar-refractivity contribution >= 4 is 23.3 Å². The Morgan fingerprint density at radius 3 is 2.51 bits per heavy atom. The lowest BCUT2D eigenvalue weighted by Crippen LogP contribution is -2.37. The van der Waals surface area contributed by atoms with Gasteiger partial charge in [0.25, 0.3) is 5.91 Å². The summed E-state index contributed by atoms with van der Waals surface area (Å²) in [6.45, 7) is 1.63. The molecule has 2 aliphatic rings. The van der Waals surface area contributed by atoms with Crippen LogP contribution >= 0.6 is 0 Å². The molecule has 0 saturated carbocycles. The molecule has 0 bridgehead atoms. The Morgan fingerprint density at radius 1 is 1.06 bits per heavy atom. The van der Waals surface area contributed by atoms with E-state index in [0.29, 0.717) is 56.7 Å². The van der Waals surface area contributed by atoms with Gasteiger partial charge in [0.2, 0.25) is 5.75 Å². The van der Waals surface area contributed by atoms with Crippen molar-refractivity contribution in [2.45, 2.75) is 6.18 Å². The van der Waals surface area contributed by atoms with Crippen molar-refractivity contribution in [1.82, 2.24) is 0 Å². The number of methoxy groups -OCH3 is 1. The number of nitrogens with zero attached hydrogens (tertiary/aromatic N) is 1. The Balaban J connectivity index is 1.47. The number of morpholine rings is 1. The molecule has 188 valence electrons. The Hall–Kier alpha value is -3.67. The van der Waals surface area contributed by atoms with E-state index in [1.165, 1.54) is 25.3 Å². The molecule has 0 radical (unpaired) electrons. The maximum absolute atomic E-state index is 13.3. The minimum Gasteiger partial charge on any atom is -0.493 e. The molecule has 1 fully saturated rings. The van der Waals surface area contributed by atoms with Gasteiger partial charge in [0, 0.05) is 13.1 Å². The summed E-state index contributed by atoms with van der Waals surface area (Å²) in [6, 6.07) is 5.90. The molecule has 2 aromatic rings. The van der Waals surface area contributed by atoms with E-state index in [0.717, 1.165) is 12.1 Å². The number of hydrogen-bond donors (Lipinski definition) is 1. The highest BCUT2D eigenvalue weighted by Crippen LogP contribution is 2.40. The summed E-state index contributed by atoms with van der Waals surface area (Å²) in [7, 11) is 1.40. The molecule has 0 unspecified atom stereocenters. The fraction of sp³-hybridized carbons (Fsp3) is 0.391. The van der Waals surface area contributed by atoms with Gasteiger partial charge in [-0.3, -0.25) is 4.79 Å². The van der Waals surface area contributed by atoms with Gasteiger partial charge >= 0.3 is 12.1 Å². The monoisotopic (exact) mass is 496 g/mol. The van der Waals surface area contributed by atoms with Crippen LogP contribution in [-0.4, -0.2) is 65.1 Å². The number of benzene rings is 2. The molecule has 0 aliphatic carbocycles. The standard InChI is InChI=1S/C23H23F3N2O7/c1-31-18-10-14(11-19-21(18)34-9-8-33-19)22(30)35-13-20(29)27-16-12-15(23(24,25)26)2-3-17(16)28-4-6-32-7-5-28/h2-3,10-12H,4-9,13H2,1H3,(H,27,29). The molecule has 4 rings (SSSR count). The van der Waals surface area contributed by atoms with E-state index in [1.807, 2.05) is 4.90 Å². The SMILES string of the molecule is COc1cc(C(=O)OCC(=O)Nc2cc(C(F)(F)F)ccc2N2CCOCC2)cc2c1OCCO2. The van der Waals surface area contributed by atoms with E-state index in [2.05, 4.69) is 5.32 Å². The van der Waals surface area contributed by atoms with Crippen LogP contribution in [-0.2, 0) is 20.4 Å². The van der Waals surface area contributed by atoms with Gasteiger partial charge in [-0.15, -0.1) is 0 Å². The zero-order valence-electron chi connectivity index (χ0n) is 18.8. The van der Waals surface area contributed by atoms with Gasteiger partial charge in [-0.1, -0.05) is 0 Å². The lowest BCUT2D eigenvalue weighted by Gasteiger charge is -2.31. The minimum absolute atomic E-state index is 0.0382. The van der Waals surface area contributed by atoms with Crippen molar-refractivity contribution in [3.63, 3.8) is 0 Å². The molecule has 1 amide bonds. The van der Waals surface area contributed by atoms with Crippen LogP contribution in [0.5, 0.6) is 17.2 Å². The lowest BCUT2D eigenvalue weighted by molar-refractivity contribution is -0.137. The number of esters is 1. The third-order valence-electron chi connectivity index (χ3n) is 5.35. The zero-order valence-corrected chi connectivity index (χ0v) is 18.8. The molecule has 2 aliphatic heterocycles. The maximum atomic E-state index is 13.3. The first kappa shape index (κ1) is 24.5. The molecule has 0 spiro atoms. The number of anilines is 2. The topological polar surface area (TPSA) is 95.6 Å². The Morgan fingerprint density at radius 2 is 1.80 bits per heavy atom. The second-order valence-corrected chi connectivity index (χ2v) is 7.66. The number of rotatable bonds is 6. The van der Waals surface area contributed by atoms with Crippen LogP contribution in [0.4, 0.5) is 24.5 Å². The largest absolute Gasteiger partial charge is 0.493 e. The third kappa shape index (κ3) is 5.70. The van der Waals surface area contributed by atoms with Gasteiger partial charge in [-0.05, 0) is 30.3 Å². The number of carbonyl (C=O) groups is 2. The van der Waals surface area contributed by atoms with E-state index in [-0.39, 0.29) is 17.0 Å². The average Bonchev–Trinajstić information content (AvgIpc) is 2.86. The number of carbonyl (C=O) groups excluding carboxylic acids is 2. The molecule has 0 atom stereocenters. The molecule has 2 aromatic carbocycles. The first-order chi connectivity index (χ1) is 16.8. The summed E-state index contributed by atoms with van der Waals surface area (Å²) in [4.78, 5) is 26.9. The fourth-order valence-electron chi connectivity index (χ4n) is 3.68. The summed E-state index contributed by atoms with van der Waals surface area (Å²) in [6.07, 6.45) is -4.59. The summed E-state index contributed by atoms with van der Waals surface area (Å²) in [5, 5.41) is 2.43.